The Kier molecular flexibility index (Phi) is 4.54. The second kappa shape index (κ2) is 5.95. The zero-order valence-electron chi connectivity index (χ0n) is 9.29. The minimum Gasteiger partial charge on any atom is -0.399 e. The Morgan fingerprint density at radius 3 is 2.67 bits per heavy atom. The highest BCUT2D eigenvalue weighted by atomic mass is 79.9. The quantitative estimate of drug-likeness (QED) is 0.617. The Bertz CT molecular complexity index is 525. The molecule has 0 amide bonds. The molecule has 2 aromatic carbocycles. The Morgan fingerprint density at radius 1 is 1.22 bits per heavy atom. The van der Waals surface area contributed by atoms with E-state index in [-0.39, 0.29) is 5.82 Å². The van der Waals surface area contributed by atoms with Crippen molar-refractivity contribution < 1.29 is 4.39 Å². The summed E-state index contributed by atoms with van der Waals surface area (Å²) in [4.78, 5) is 0.572. The molecule has 0 unspecified atom stereocenters. The number of nitrogen functional groups attached to an aromatic ring is 1. The molecule has 2 rings (SSSR count). The summed E-state index contributed by atoms with van der Waals surface area (Å²) in [6.07, 6.45) is 0. The molecule has 1 nitrogen and oxygen atoms in total. The summed E-state index contributed by atoms with van der Waals surface area (Å²) in [5.41, 5.74) is 6.90. The molecule has 0 spiro atoms. The fourth-order valence-electron chi connectivity index (χ4n) is 1.43. The lowest BCUT2D eigenvalue weighted by atomic mass is 10.2. The number of nitrogens with two attached hydrogens (primary N) is 1. The molecule has 18 heavy (non-hydrogen) atoms. The first-order valence-electron chi connectivity index (χ1n) is 5.18. The van der Waals surface area contributed by atoms with Crippen LogP contribution in [0.1, 0.15) is 5.56 Å². The SMILES string of the molecule is Nc1ccc(SCc2ccc(Br)cc2Cl)c(F)c1. The molecule has 0 bridgehead atoms. The highest BCUT2D eigenvalue weighted by Crippen LogP contribution is 2.30. The van der Waals surface area contributed by atoms with Gasteiger partial charge in [0.1, 0.15) is 5.82 Å². The number of hydrogen-bond acceptors (Lipinski definition) is 2. The van der Waals surface area contributed by atoms with E-state index in [1.54, 1.807) is 12.1 Å². The number of halogens is 3. The van der Waals surface area contributed by atoms with Crippen LogP contribution in [0.4, 0.5) is 10.1 Å². The molecule has 0 saturated heterocycles. The van der Waals surface area contributed by atoms with Crippen LogP contribution in [-0.2, 0) is 5.75 Å². The van der Waals surface area contributed by atoms with Crippen LogP contribution < -0.4 is 5.73 Å². The molecule has 0 aliphatic rings. The second-order valence-corrected chi connectivity index (χ2v) is 6.05. The molecule has 94 valence electrons. The molecular weight excluding hydrogens is 337 g/mol. The van der Waals surface area contributed by atoms with Gasteiger partial charge in [-0.3, -0.25) is 0 Å². The number of anilines is 1. The third kappa shape index (κ3) is 3.40. The predicted octanol–water partition coefficient (Wildman–Crippen LogP) is 5.12. The summed E-state index contributed by atoms with van der Waals surface area (Å²) in [6.45, 7) is 0. The summed E-state index contributed by atoms with van der Waals surface area (Å²) in [5.74, 6) is 0.320. The van der Waals surface area contributed by atoms with E-state index < -0.39 is 0 Å². The number of thioether (sulfide) groups is 1. The minimum absolute atomic E-state index is 0.298. The van der Waals surface area contributed by atoms with Crippen molar-refractivity contribution in [1.29, 1.82) is 0 Å². The maximum Gasteiger partial charge on any atom is 0.138 e. The molecule has 0 fully saturated rings. The van der Waals surface area contributed by atoms with E-state index >= 15 is 0 Å². The topological polar surface area (TPSA) is 26.0 Å². The maximum atomic E-state index is 13.6. The van der Waals surface area contributed by atoms with Gasteiger partial charge < -0.3 is 5.73 Å². The summed E-state index contributed by atoms with van der Waals surface area (Å²) in [6, 6.07) is 10.4. The first-order chi connectivity index (χ1) is 8.56. The van der Waals surface area contributed by atoms with Crippen molar-refractivity contribution in [2.24, 2.45) is 0 Å². The van der Waals surface area contributed by atoms with Gasteiger partial charge >= 0.3 is 0 Å². The average molecular weight is 347 g/mol. The fraction of sp³-hybridized carbons (Fsp3) is 0.0769. The zero-order chi connectivity index (χ0) is 13.1. The maximum absolute atomic E-state index is 13.6. The van der Waals surface area contributed by atoms with Crippen molar-refractivity contribution in [3.63, 3.8) is 0 Å². The Morgan fingerprint density at radius 2 is 2.00 bits per heavy atom. The second-order valence-electron chi connectivity index (χ2n) is 3.71. The lowest BCUT2D eigenvalue weighted by molar-refractivity contribution is 0.603. The average Bonchev–Trinajstić information content (AvgIpc) is 2.30. The van der Waals surface area contributed by atoms with Crippen LogP contribution in [0.25, 0.3) is 0 Å². The first-order valence-corrected chi connectivity index (χ1v) is 7.33. The lowest BCUT2D eigenvalue weighted by Crippen LogP contribution is -1.89. The van der Waals surface area contributed by atoms with Gasteiger partial charge in [0.15, 0.2) is 0 Å². The van der Waals surface area contributed by atoms with Gasteiger partial charge in [-0.1, -0.05) is 33.6 Å². The standard InChI is InChI=1S/C13H10BrClFNS/c14-9-2-1-8(11(15)5-9)7-18-13-4-3-10(17)6-12(13)16/h1-6H,7,17H2. The molecule has 2 N–H and O–H groups in total. The third-order valence-electron chi connectivity index (χ3n) is 2.35. The van der Waals surface area contributed by atoms with Gasteiger partial charge in [0.25, 0.3) is 0 Å². The van der Waals surface area contributed by atoms with E-state index in [1.165, 1.54) is 17.8 Å². The first kappa shape index (κ1) is 13.7. The van der Waals surface area contributed by atoms with Crippen molar-refractivity contribution in [3.8, 4) is 0 Å². The van der Waals surface area contributed by atoms with E-state index in [2.05, 4.69) is 15.9 Å². The monoisotopic (exact) mass is 345 g/mol. The van der Waals surface area contributed by atoms with Crippen molar-refractivity contribution in [2.75, 3.05) is 5.73 Å². The van der Waals surface area contributed by atoms with Crippen LogP contribution in [0, 0.1) is 5.82 Å². The lowest BCUT2D eigenvalue weighted by Gasteiger charge is -2.06. The Balaban J connectivity index is 2.11. The van der Waals surface area contributed by atoms with E-state index in [4.69, 9.17) is 17.3 Å². The highest BCUT2D eigenvalue weighted by Gasteiger charge is 2.06. The van der Waals surface area contributed by atoms with Gasteiger partial charge in [-0.15, -0.1) is 11.8 Å². The summed E-state index contributed by atoms with van der Waals surface area (Å²) in [5, 5.41) is 0.674. The Labute approximate surface area is 123 Å². The molecule has 0 saturated carbocycles. The van der Waals surface area contributed by atoms with Crippen LogP contribution in [0.2, 0.25) is 5.02 Å². The van der Waals surface area contributed by atoms with Gasteiger partial charge in [-0.2, -0.15) is 0 Å². The van der Waals surface area contributed by atoms with Crippen molar-refractivity contribution >= 4 is 45.0 Å². The molecule has 0 aliphatic carbocycles. The molecule has 0 aromatic heterocycles. The van der Waals surface area contributed by atoms with E-state index in [0.29, 0.717) is 21.4 Å². The van der Waals surface area contributed by atoms with Crippen LogP contribution in [-0.4, -0.2) is 0 Å². The van der Waals surface area contributed by atoms with Crippen molar-refractivity contribution in [3.05, 3.63) is 57.3 Å². The van der Waals surface area contributed by atoms with Crippen molar-refractivity contribution in [1.82, 2.24) is 0 Å². The normalized spacial score (nSPS) is 10.6. The third-order valence-corrected chi connectivity index (χ3v) is 4.30. The molecule has 0 heterocycles. The molecule has 0 aliphatic heterocycles. The van der Waals surface area contributed by atoms with Gasteiger partial charge in [0.2, 0.25) is 0 Å². The molecule has 0 atom stereocenters. The smallest absolute Gasteiger partial charge is 0.138 e. The molecule has 0 radical (unpaired) electrons. The molecule has 2 aromatic rings. The number of hydrogen-bond donors (Lipinski definition) is 1. The highest BCUT2D eigenvalue weighted by molar-refractivity contribution is 9.10. The van der Waals surface area contributed by atoms with Gasteiger partial charge in [0.05, 0.1) is 0 Å². The van der Waals surface area contributed by atoms with E-state index in [1.807, 2.05) is 18.2 Å². The van der Waals surface area contributed by atoms with Crippen LogP contribution in [0.3, 0.4) is 0 Å². The fourth-order valence-corrected chi connectivity index (χ4v) is 3.17. The number of benzene rings is 2. The molecular formula is C13H10BrClFNS. The van der Waals surface area contributed by atoms with Crippen molar-refractivity contribution in [2.45, 2.75) is 10.6 Å². The zero-order valence-corrected chi connectivity index (χ0v) is 12.4. The van der Waals surface area contributed by atoms with Gasteiger partial charge in [-0.25, -0.2) is 4.39 Å². The minimum atomic E-state index is -0.298. The largest absolute Gasteiger partial charge is 0.399 e. The van der Waals surface area contributed by atoms with E-state index in [9.17, 15) is 4.39 Å². The summed E-state index contributed by atoms with van der Waals surface area (Å²) in [7, 11) is 0. The summed E-state index contributed by atoms with van der Waals surface area (Å²) >= 11 is 10.8. The predicted molar refractivity (Wildman–Crippen MR) is 79.5 cm³/mol. The van der Waals surface area contributed by atoms with E-state index in [0.717, 1.165) is 10.0 Å². The van der Waals surface area contributed by atoms with Gasteiger partial charge in [-0.05, 0) is 35.9 Å². The summed E-state index contributed by atoms with van der Waals surface area (Å²) < 4.78 is 14.5. The van der Waals surface area contributed by atoms with Gasteiger partial charge in [0, 0.05) is 25.8 Å². The Hall–Kier alpha value is -0.710. The number of rotatable bonds is 3. The van der Waals surface area contributed by atoms with Crippen LogP contribution in [0.15, 0.2) is 45.8 Å². The van der Waals surface area contributed by atoms with Crippen LogP contribution >= 0.6 is 39.3 Å². The molecule has 5 heteroatoms. The van der Waals surface area contributed by atoms with Crippen LogP contribution in [0.5, 0.6) is 0 Å².